The van der Waals surface area contributed by atoms with E-state index in [0.717, 1.165) is 5.25 Å². The summed E-state index contributed by atoms with van der Waals surface area (Å²) in [4.78, 5) is 0. The molecule has 1 aliphatic carbocycles. The van der Waals surface area contributed by atoms with Gasteiger partial charge < -0.3 is 0 Å². The van der Waals surface area contributed by atoms with E-state index in [4.69, 9.17) is 0 Å². The van der Waals surface area contributed by atoms with Gasteiger partial charge in [0.05, 0.1) is 0 Å². The predicted octanol–water partition coefficient (Wildman–Crippen LogP) is 1.87. The summed E-state index contributed by atoms with van der Waals surface area (Å²) in [5.74, 6) is 0. The van der Waals surface area contributed by atoms with E-state index in [2.05, 4.69) is 12.6 Å². The van der Waals surface area contributed by atoms with Crippen LogP contribution in [0.15, 0.2) is 0 Å². The van der Waals surface area contributed by atoms with Crippen molar-refractivity contribution in [2.45, 2.75) is 37.4 Å². The van der Waals surface area contributed by atoms with Gasteiger partial charge in [-0.1, -0.05) is 19.3 Å². The van der Waals surface area contributed by atoms with Crippen LogP contribution in [0, 0.1) is 0 Å². The molecule has 0 aromatic carbocycles. The smallest absolute Gasteiger partial charge is 0.00168 e. The fourth-order valence-electron chi connectivity index (χ4n) is 1.08. The minimum absolute atomic E-state index is 0. The van der Waals surface area contributed by atoms with Crippen molar-refractivity contribution in [1.82, 2.24) is 0 Å². The molecule has 0 heterocycles. The molecule has 0 nitrogen and oxygen atoms in total. The summed E-state index contributed by atoms with van der Waals surface area (Å²) >= 11 is 4.36. The number of rotatable bonds is 0. The molecule has 1 fully saturated rings. The first-order valence-corrected chi connectivity index (χ1v) is 3.59. The standard InChI is InChI=1S/C6H12S.Na/c7-6-4-2-1-3-5-6;/h6-7H,1-5H2;. The second kappa shape index (κ2) is 5.16. The minimum atomic E-state index is 0. The first-order chi connectivity index (χ1) is 3.39. The van der Waals surface area contributed by atoms with Crippen LogP contribution in [0.5, 0.6) is 0 Å². The molecule has 1 aliphatic rings. The van der Waals surface area contributed by atoms with Gasteiger partial charge in [0.25, 0.3) is 0 Å². The van der Waals surface area contributed by atoms with Crippen molar-refractivity contribution in [2.75, 3.05) is 0 Å². The molecule has 1 radical (unpaired) electrons. The molecule has 0 bridgehead atoms. The number of hydrogen-bond acceptors (Lipinski definition) is 1. The summed E-state index contributed by atoms with van der Waals surface area (Å²) in [6.07, 6.45) is 6.96. The van der Waals surface area contributed by atoms with Crippen LogP contribution in [-0.4, -0.2) is 34.8 Å². The number of hydrogen-bond donors (Lipinski definition) is 1. The molecule has 2 heteroatoms. The first-order valence-electron chi connectivity index (χ1n) is 3.07. The maximum atomic E-state index is 4.36. The molecule has 0 spiro atoms. The Morgan fingerprint density at radius 1 is 1.00 bits per heavy atom. The van der Waals surface area contributed by atoms with Crippen molar-refractivity contribution in [2.24, 2.45) is 0 Å². The van der Waals surface area contributed by atoms with Gasteiger partial charge in [0, 0.05) is 34.8 Å². The van der Waals surface area contributed by atoms with Gasteiger partial charge in [0.15, 0.2) is 0 Å². The molecule has 1 rings (SSSR count). The second-order valence-corrected chi connectivity index (χ2v) is 3.02. The summed E-state index contributed by atoms with van der Waals surface area (Å²) in [7, 11) is 0. The van der Waals surface area contributed by atoms with Crippen LogP contribution in [-0.2, 0) is 0 Å². The Kier molecular flexibility index (Phi) is 6.03. The van der Waals surface area contributed by atoms with E-state index in [1.165, 1.54) is 32.1 Å². The predicted molar refractivity (Wildman–Crippen MR) is 41.6 cm³/mol. The van der Waals surface area contributed by atoms with E-state index < -0.39 is 0 Å². The van der Waals surface area contributed by atoms with E-state index in [9.17, 15) is 0 Å². The van der Waals surface area contributed by atoms with E-state index in [0.29, 0.717) is 0 Å². The quantitative estimate of drug-likeness (QED) is 0.384. The molecular formula is C6H12NaS. The Morgan fingerprint density at radius 3 is 1.75 bits per heavy atom. The van der Waals surface area contributed by atoms with E-state index >= 15 is 0 Å². The Hall–Kier alpha value is 1.35. The largest absolute Gasteiger partial charge is 0.176 e. The molecule has 0 aromatic heterocycles. The molecule has 0 saturated heterocycles. The van der Waals surface area contributed by atoms with Gasteiger partial charge >= 0.3 is 0 Å². The third-order valence-electron chi connectivity index (χ3n) is 1.57. The minimum Gasteiger partial charge on any atom is -0.176 e. The van der Waals surface area contributed by atoms with Crippen LogP contribution in [0.1, 0.15) is 32.1 Å². The Labute approximate surface area is 79.1 Å². The van der Waals surface area contributed by atoms with Crippen LogP contribution in [0.25, 0.3) is 0 Å². The average molecular weight is 139 g/mol. The van der Waals surface area contributed by atoms with Crippen LogP contribution in [0.4, 0.5) is 0 Å². The Balaban J connectivity index is 0.000000490. The van der Waals surface area contributed by atoms with Gasteiger partial charge in [-0.05, 0) is 12.8 Å². The zero-order chi connectivity index (χ0) is 5.11. The second-order valence-electron chi connectivity index (χ2n) is 2.29. The van der Waals surface area contributed by atoms with Gasteiger partial charge in [-0.2, -0.15) is 12.6 Å². The normalized spacial score (nSPS) is 22.1. The topological polar surface area (TPSA) is 0 Å². The molecule has 0 aliphatic heterocycles. The third-order valence-corrected chi connectivity index (χ3v) is 2.09. The fourth-order valence-corrected chi connectivity index (χ4v) is 1.45. The molecule has 43 valence electrons. The summed E-state index contributed by atoms with van der Waals surface area (Å²) in [5, 5.41) is 0.730. The summed E-state index contributed by atoms with van der Waals surface area (Å²) in [6.45, 7) is 0. The molecule has 0 N–H and O–H groups in total. The molecule has 0 amide bonds. The van der Waals surface area contributed by atoms with Crippen LogP contribution < -0.4 is 0 Å². The molecule has 0 aromatic rings. The maximum absolute atomic E-state index is 4.36. The summed E-state index contributed by atoms with van der Waals surface area (Å²) in [6, 6.07) is 0. The van der Waals surface area contributed by atoms with E-state index in [1.807, 2.05) is 0 Å². The monoisotopic (exact) mass is 139 g/mol. The van der Waals surface area contributed by atoms with Gasteiger partial charge in [0.1, 0.15) is 0 Å². The van der Waals surface area contributed by atoms with Crippen molar-refractivity contribution in [1.29, 1.82) is 0 Å². The van der Waals surface area contributed by atoms with Gasteiger partial charge in [-0.3, -0.25) is 0 Å². The van der Waals surface area contributed by atoms with Crippen molar-refractivity contribution in [3.05, 3.63) is 0 Å². The molecule has 1 saturated carbocycles. The third kappa shape index (κ3) is 3.39. The average Bonchev–Trinajstić information content (AvgIpc) is 1.69. The van der Waals surface area contributed by atoms with Crippen LogP contribution >= 0.6 is 12.6 Å². The van der Waals surface area contributed by atoms with Crippen molar-refractivity contribution in [3.8, 4) is 0 Å². The van der Waals surface area contributed by atoms with Crippen LogP contribution in [0.3, 0.4) is 0 Å². The van der Waals surface area contributed by atoms with E-state index in [1.54, 1.807) is 0 Å². The first kappa shape index (κ1) is 9.35. The summed E-state index contributed by atoms with van der Waals surface area (Å²) in [5.41, 5.74) is 0. The van der Waals surface area contributed by atoms with Crippen molar-refractivity contribution in [3.63, 3.8) is 0 Å². The zero-order valence-corrected chi connectivity index (χ0v) is 8.45. The van der Waals surface area contributed by atoms with Crippen molar-refractivity contribution < 1.29 is 0 Å². The van der Waals surface area contributed by atoms with Crippen LogP contribution in [0.2, 0.25) is 0 Å². The van der Waals surface area contributed by atoms with Gasteiger partial charge in [0.2, 0.25) is 0 Å². The zero-order valence-electron chi connectivity index (χ0n) is 5.56. The Morgan fingerprint density at radius 2 is 1.50 bits per heavy atom. The van der Waals surface area contributed by atoms with Gasteiger partial charge in [-0.15, -0.1) is 0 Å². The van der Waals surface area contributed by atoms with Crippen molar-refractivity contribution >= 4 is 42.2 Å². The fraction of sp³-hybridized carbons (Fsp3) is 1.00. The van der Waals surface area contributed by atoms with E-state index in [-0.39, 0.29) is 29.6 Å². The Bertz CT molecular complexity index is 50.5. The maximum Gasteiger partial charge on any atom is 0.00168 e. The SMILES string of the molecule is SC1CCCCC1.[Na]. The number of thiol groups is 1. The van der Waals surface area contributed by atoms with Gasteiger partial charge in [-0.25, -0.2) is 0 Å². The molecule has 8 heavy (non-hydrogen) atoms. The molecule has 0 atom stereocenters. The molecule has 0 unspecified atom stereocenters. The molecular weight excluding hydrogens is 127 g/mol. The summed E-state index contributed by atoms with van der Waals surface area (Å²) < 4.78 is 0.